The Morgan fingerprint density at radius 3 is 1.96 bits per heavy atom. The van der Waals surface area contributed by atoms with Crippen LogP contribution in [0.1, 0.15) is 0 Å². The fourth-order valence-electron chi connectivity index (χ4n) is 7.57. The van der Waals surface area contributed by atoms with Gasteiger partial charge in [0.1, 0.15) is 11.2 Å². The molecule has 0 aliphatic carbocycles. The van der Waals surface area contributed by atoms with Crippen molar-refractivity contribution < 1.29 is 4.42 Å². The average molecular weight is 627 g/mol. The largest absolute Gasteiger partial charge is 0.456 e. The van der Waals surface area contributed by atoms with Gasteiger partial charge in [-0.15, -0.1) is 0 Å². The number of hydrogen-bond donors (Lipinski definition) is 0. The number of fused-ring (bicyclic) bond motifs is 8. The monoisotopic (exact) mass is 626 g/mol. The third-order valence-corrected chi connectivity index (χ3v) is 9.75. The molecule has 0 atom stereocenters. The van der Waals surface area contributed by atoms with Crippen LogP contribution in [0.3, 0.4) is 0 Å². The SMILES string of the molecule is c1ccc(-c2ccccc2N(c2ccc3c(ccc4c5ccccc5n(-c5ccccc5)c34)c2)c2ccc3oc4ccccc4c3c2)cc1. The highest BCUT2D eigenvalue weighted by molar-refractivity contribution is 6.19. The van der Waals surface area contributed by atoms with Gasteiger partial charge in [0.2, 0.25) is 0 Å². The van der Waals surface area contributed by atoms with E-state index in [4.69, 9.17) is 4.42 Å². The third-order valence-electron chi connectivity index (χ3n) is 9.75. The van der Waals surface area contributed by atoms with Crippen LogP contribution in [-0.2, 0) is 0 Å². The van der Waals surface area contributed by atoms with Crippen LogP contribution in [0.15, 0.2) is 186 Å². The number of aromatic nitrogens is 1. The molecule has 0 aliphatic rings. The summed E-state index contributed by atoms with van der Waals surface area (Å²) in [6.07, 6.45) is 0. The summed E-state index contributed by atoms with van der Waals surface area (Å²) in [6.45, 7) is 0. The van der Waals surface area contributed by atoms with E-state index in [-0.39, 0.29) is 0 Å². The Morgan fingerprint density at radius 1 is 0.429 bits per heavy atom. The Bertz CT molecular complexity index is 2830. The van der Waals surface area contributed by atoms with Gasteiger partial charge < -0.3 is 13.9 Å². The minimum Gasteiger partial charge on any atom is -0.456 e. The zero-order valence-corrected chi connectivity index (χ0v) is 26.6. The highest BCUT2D eigenvalue weighted by Crippen LogP contribution is 2.44. The number of nitrogens with zero attached hydrogens (tertiary/aromatic N) is 2. The Kier molecular flexibility index (Phi) is 6.18. The van der Waals surface area contributed by atoms with Crippen LogP contribution < -0.4 is 4.90 Å². The second-order valence-electron chi connectivity index (χ2n) is 12.6. The molecule has 0 radical (unpaired) electrons. The summed E-state index contributed by atoms with van der Waals surface area (Å²) in [5.41, 5.74) is 11.0. The molecule has 10 aromatic rings. The lowest BCUT2D eigenvalue weighted by Crippen LogP contribution is -2.11. The van der Waals surface area contributed by atoms with Gasteiger partial charge >= 0.3 is 0 Å². The van der Waals surface area contributed by atoms with Crippen molar-refractivity contribution in [3.8, 4) is 16.8 Å². The summed E-state index contributed by atoms with van der Waals surface area (Å²) in [7, 11) is 0. The highest BCUT2D eigenvalue weighted by atomic mass is 16.3. The molecule has 0 fully saturated rings. The first-order chi connectivity index (χ1) is 24.3. The molecular weight excluding hydrogens is 597 g/mol. The molecule has 0 spiro atoms. The van der Waals surface area contributed by atoms with E-state index >= 15 is 0 Å². The highest BCUT2D eigenvalue weighted by Gasteiger charge is 2.21. The fourth-order valence-corrected chi connectivity index (χ4v) is 7.57. The lowest BCUT2D eigenvalue weighted by Gasteiger charge is -2.28. The maximum Gasteiger partial charge on any atom is 0.135 e. The van der Waals surface area contributed by atoms with Crippen molar-refractivity contribution in [3.63, 3.8) is 0 Å². The smallest absolute Gasteiger partial charge is 0.135 e. The van der Waals surface area contributed by atoms with Gasteiger partial charge in [0.05, 0.1) is 16.7 Å². The minimum atomic E-state index is 0.885. The molecule has 0 unspecified atom stereocenters. The maximum atomic E-state index is 6.24. The van der Waals surface area contributed by atoms with Crippen LogP contribution in [0.5, 0.6) is 0 Å². The molecule has 2 aromatic heterocycles. The van der Waals surface area contributed by atoms with Gasteiger partial charge in [-0.3, -0.25) is 0 Å². The van der Waals surface area contributed by atoms with Crippen LogP contribution in [0.2, 0.25) is 0 Å². The Hall–Kier alpha value is -6.58. The number of para-hydroxylation sites is 4. The van der Waals surface area contributed by atoms with Gasteiger partial charge in [-0.1, -0.05) is 121 Å². The molecule has 3 nitrogen and oxygen atoms in total. The second kappa shape index (κ2) is 11.0. The van der Waals surface area contributed by atoms with Crippen LogP contribution in [0, 0.1) is 0 Å². The molecule has 8 aromatic carbocycles. The standard InChI is InChI=1S/C46H30N2O/c1-3-13-31(14-4-1)36-17-7-10-20-42(36)47(35-25-28-45-41(30-35)39-19-9-12-22-44(39)49-45)34-24-27-37-32(29-34)23-26-40-38-18-8-11-21-43(38)48(46(37)40)33-15-5-2-6-16-33/h1-30H. The Morgan fingerprint density at radius 2 is 1.08 bits per heavy atom. The number of hydrogen-bond acceptors (Lipinski definition) is 2. The molecule has 3 heteroatoms. The van der Waals surface area contributed by atoms with E-state index in [2.05, 4.69) is 179 Å². The normalized spacial score (nSPS) is 11.7. The van der Waals surface area contributed by atoms with E-state index < -0.39 is 0 Å². The summed E-state index contributed by atoms with van der Waals surface area (Å²) < 4.78 is 8.65. The molecule has 0 saturated heterocycles. The van der Waals surface area contributed by atoms with Crippen molar-refractivity contribution >= 4 is 71.6 Å². The summed E-state index contributed by atoms with van der Waals surface area (Å²) in [4.78, 5) is 2.39. The number of furan rings is 1. The first-order valence-corrected chi connectivity index (χ1v) is 16.7. The van der Waals surface area contributed by atoms with Crippen molar-refractivity contribution in [1.29, 1.82) is 0 Å². The maximum absolute atomic E-state index is 6.24. The lowest BCUT2D eigenvalue weighted by molar-refractivity contribution is 0.669. The third kappa shape index (κ3) is 4.37. The zero-order valence-electron chi connectivity index (χ0n) is 26.6. The molecule has 0 aliphatic heterocycles. The van der Waals surface area contributed by atoms with Crippen molar-refractivity contribution in [2.75, 3.05) is 4.90 Å². The van der Waals surface area contributed by atoms with Crippen molar-refractivity contribution in [1.82, 2.24) is 4.57 Å². The quantitative estimate of drug-likeness (QED) is 0.190. The van der Waals surface area contributed by atoms with E-state index in [9.17, 15) is 0 Å². The average Bonchev–Trinajstić information content (AvgIpc) is 3.72. The predicted octanol–water partition coefficient (Wildman–Crippen LogP) is 13.0. The topological polar surface area (TPSA) is 21.3 Å². The minimum absolute atomic E-state index is 0.885. The van der Waals surface area contributed by atoms with Crippen molar-refractivity contribution in [2.24, 2.45) is 0 Å². The van der Waals surface area contributed by atoms with Crippen LogP contribution in [0.25, 0.3) is 71.3 Å². The van der Waals surface area contributed by atoms with E-state index in [0.29, 0.717) is 0 Å². The van der Waals surface area contributed by atoms with E-state index in [1.54, 1.807) is 0 Å². The summed E-state index contributed by atoms with van der Waals surface area (Å²) in [6, 6.07) is 65.0. The number of rotatable bonds is 5. The van der Waals surface area contributed by atoms with Gasteiger partial charge in [-0.2, -0.15) is 0 Å². The molecule has 49 heavy (non-hydrogen) atoms. The van der Waals surface area contributed by atoms with Crippen LogP contribution in [-0.4, -0.2) is 4.57 Å². The molecule has 0 amide bonds. The van der Waals surface area contributed by atoms with Gasteiger partial charge in [-0.25, -0.2) is 0 Å². The summed E-state index contributed by atoms with van der Waals surface area (Å²) >= 11 is 0. The van der Waals surface area contributed by atoms with E-state index in [0.717, 1.165) is 44.7 Å². The summed E-state index contributed by atoms with van der Waals surface area (Å²) in [5, 5.41) is 7.13. The Balaban J connectivity index is 1.24. The van der Waals surface area contributed by atoms with Crippen molar-refractivity contribution in [2.45, 2.75) is 0 Å². The van der Waals surface area contributed by atoms with E-state index in [1.165, 1.54) is 43.7 Å². The second-order valence-corrected chi connectivity index (χ2v) is 12.6. The lowest BCUT2D eigenvalue weighted by atomic mass is 10.0. The molecular formula is C46H30N2O. The van der Waals surface area contributed by atoms with Crippen LogP contribution in [0.4, 0.5) is 17.1 Å². The number of benzene rings is 8. The van der Waals surface area contributed by atoms with Gasteiger partial charge in [0.15, 0.2) is 0 Å². The molecule has 0 saturated carbocycles. The van der Waals surface area contributed by atoms with Crippen molar-refractivity contribution in [3.05, 3.63) is 182 Å². The Labute approximate surface area is 283 Å². The van der Waals surface area contributed by atoms with Gasteiger partial charge in [0.25, 0.3) is 0 Å². The van der Waals surface area contributed by atoms with E-state index in [1.807, 2.05) is 12.1 Å². The zero-order chi connectivity index (χ0) is 32.3. The van der Waals surface area contributed by atoms with Crippen LogP contribution >= 0.6 is 0 Å². The molecule has 10 rings (SSSR count). The fraction of sp³-hybridized carbons (Fsp3) is 0. The molecule has 0 N–H and O–H groups in total. The molecule has 2 heterocycles. The summed E-state index contributed by atoms with van der Waals surface area (Å²) in [5.74, 6) is 0. The first-order valence-electron chi connectivity index (χ1n) is 16.7. The van der Waals surface area contributed by atoms with Gasteiger partial charge in [0, 0.05) is 49.6 Å². The van der Waals surface area contributed by atoms with Gasteiger partial charge in [-0.05, 0) is 71.6 Å². The molecule has 0 bridgehead atoms. The number of anilines is 3. The molecule has 230 valence electrons. The first kappa shape index (κ1) is 27.5. The predicted molar refractivity (Wildman–Crippen MR) is 206 cm³/mol.